The zero-order valence-corrected chi connectivity index (χ0v) is 14.9. The summed E-state index contributed by atoms with van der Waals surface area (Å²) in [5.41, 5.74) is 8.01. The van der Waals surface area contributed by atoms with Gasteiger partial charge in [0.05, 0.1) is 0 Å². The Bertz CT molecular complexity index is 540. The number of hydrogen-bond donors (Lipinski definition) is 1. The minimum atomic E-state index is 0. The van der Waals surface area contributed by atoms with Crippen molar-refractivity contribution in [3.63, 3.8) is 0 Å². The van der Waals surface area contributed by atoms with Crippen molar-refractivity contribution in [2.24, 2.45) is 0 Å². The molecular formula is C16H23Cl2N3S. The molecule has 0 aliphatic carbocycles. The van der Waals surface area contributed by atoms with E-state index in [-0.39, 0.29) is 24.8 Å². The van der Waals surface area contributed by atoms with Crippen LogP contribution in [0.1, 0.15) is 10.4 Å². The molecule has 22 heavy (non-hydrogen) atoms. The van der Waals surface area contributed by atoms with E-state index in [9.17, 15) is 0 Å². The average Bonchev–Trinajstić information content (AvgIpc) is 2.94. The van der Waals surface area contributed by atoms with Crippen molar-refractivity contribution in [3.8, 4) is 0 Å². The van der Waals surface area contributed by atoms with E-state index in [1.165, 1.54) is 10.4 Å². The van der Waals surface area contributed by atoms with Gasteiger partial charge in [0.25, 0.3) is 0 Å². The Hall–Kier alpha value is -0.780. The van der Waals surface area contributed by atoms with Gasteiger partial charge >= 0.3 is 0 Å². The Morgan fingerprint density at radius 1 is 0.909 bits per heavy atom. The Balaban J connectivity index is 0.00000121. The highest BCUT2D eigenvalue weighted by Gasteiger charge is 2.17. The van der Waals surface area contributed by atoms with Crippen LogP contribution >= 0.6 is 36.2 Å². The summed E-state index contributed by atoms with van der Waals surface area (Å²) in [5, 5.41) is 2.16. The first-order chi connectivity index (χ1) is 9.79. The van der Waals surface area contributed by atoms with E-state index in [0.717, 1.165) is 45.0 Å². The molecule has 0 spiro atoms. The van der Waals surface area contributed by atoms with Crippen molar-refractivity contribution in [2.45, 2.75) is 13.1 Å². The highest BCUT2D eigenvalue weighted by Crippen LogP contribution is 2.15. The summed E-state index contributed by atoms with van der Waals surface area (Å²) in [6.07, 6.45) is 0. The number of anilines is 1. The van der Waals surface area contributed by atoms with Gasteiger partial charge in [0.15, 0.2) is 0 Å². The SMILES string of the molecule is Cl.Cl.Nc1cccc(CN2CCN(Cc3cccs3)CC2)c1. The van der Waals surface area contributed by atoms with E-state index in [1.54, 1.807) is 0 Å². The summed E-state index contributed by atoms with van der Waals surface area (Å²) in [6, 6.07) is 12.6. The topological polar surface area (TPSA) is 32.5 Å². The molecule has 1 aromatic heterocycles. The molecule has 3 nitrogen and oxygen atoms in total. The molecule has 0 amide bonds. The van der Waals surface area contributed by atoms with Crippen LogP contribution in [0.4, 0.5) is 5.69 Å². The quantitative estimate of drug-likeness (QED) is 0.848. The van der Waals surface area contributed by atoms with Crippen LogP contribution in [0.5, 0.6) is 0 Å². The lowest BCUT2D eigenvalue weighted by Gasteiger charge is -2.34. The Kier molecular flexibility index (Phi) is 8.21. The van der Waals surface area contributed by atoms with Gasteiger partial charge in [-0.1, -0.05) is 18.2 Å². The smallest absolute Gasteiger partial charge is 0.0328 e. The van der Waals surface area contributed by atoms with Gasteiger partial charge in [-0.3, -0.25) is 9.80 Å². The third-order valence-electron chi connectivity index (χ3n) is 3.78. The first-order valence-electron chi connectivity index (χ1n) is 7.11. The van der Waals surface area contributed by atoms with Crippen LogP contribution in [-0.4, -0.2) is 36.0 Å². The Morgan fingerprint density at radius 3 is 2.18 bits per heavy atom. The minimum Gasteiger partial charge on any atom is -0.399 e. The number of nitrogens with two attached hydrogens (primary N) is 1. The first-order valence-corrected chi connectivity index (χ1v) is 7.99. The van der Waals surface area contributed by atoms with E-state index in [0.29, 0.717) is 0 Å². The molecule has 2 N–H and O–H groups in total. The molecule has 0 unspecified atom stereocenters. The third-order valence-corrected chi connectivity index (χ3v) is 4.64. The van der Waals surface area contributed by atoms with Gasteiger partial charge in [-0.15, -0.1) is 36.2 Å². The first kappa shape index (κ1) is 19.3. The average molecular weight is 360 g/mol. The van der Waals surface area contributed by atoms with Crippen molar-refractivity contribution in [2.75, 3.05) is 31.9 Å². The fourth-order valence-electron chi connectivity index (χ4n) is 2.68. The summed E-state index contributed by atoms with van der Waals surface area (Å²) in [6.45, 7) is 6.70. The standard InChI is InChI=1S/C16H21N3S.2ClH/c17-15-4-1-3-14(11-15)12-18-6-8-19(9-7-18)13-16-5-2-10-20-16;;/h1-5,10-11H,6-9,12-13,17H2;2*1H. The molecule has 6 heteroatoms. The molecule has 122 valence electrons. The van der Waals surface area contributed by atoms with Gasteiger partial charge in [-0.05, 0) is 29.1 Å². The summed E-state index contributed by atoms with van der Waals surface area (Å²) >= 11 is 1.85. The number of piperazine rings is 1. The summed E-state index contributed by atoms with van der Waals surface area (Å²) in [4.78, 5) is 6.52. The zero-order chi connectivity index (χ0) is 13.8. The Labute approximate surface area is 148 Å². The van der Waals surface area contributed by atoms with Gasteiger partial charge in [-0.25, -0.2) is 0 Å². The van der Waals surface area contributed by atoms with Crippen LogP contribution in [0.15, 0.2) is 41.8 Å². The van der Waals surface area contributed by atoms with Crippen molar-refractivity contribution < 1.29 is 0 Å². The predicted molar refractivity (Wildman–Crippen MR) is 100 cm³/mol. The lowest BCUT2D eigenvalue weighted by atomic mass is 10.2. The van der Waals surface area contributed by atoms with Crippen molar-refractivity contribution >= 4 is 41.8 Å². The van der Waals surface area contributed by atoms with Crippen LogP contribution in [0.25, 0.3) is 0 Å². The molecule has 0 bridgehead atoms. The fraction of sp³-hybridized carbons (Fsp3) is 0.375. The molecule has 2 aromatic rings. The second kappa shape index (κ2) is 9.38. The van der Waals surface area contributed by atoms with Gasteiger partial charge in [0.1, 0.15) is 0 Å². The number of halogens is 2. The number of nitrogen functional groups attached to an aromatic ring is 1. The van der Waals surface area contributed by atoms with E-state index in [1.807, 2.05) is 23.5 Å². The lowest BCUT2D eigenvalue weighted by Crippen LogP contribution is -2.45. The summed E-state index contributed by atoms with van der Waals surface area (Å²) in [7, 11) is 0. The molecule has 1 saturated heterocycles. The number of benzene rings is 1. The molecule has 3 rings (SSSR count). The zero-order valence-electron chi connectivity index (χ0n) is 12.5. The number of rotatable bonds is 4. The normalized spacial score (nSPS) is 15.8. The van der Waals surface area contributed by atoms with E-state index in [4.69, 9.17) is 5.73 Å². The Morgan fingerprint density at radius 2 is 1.59 bits per heavy atom. The van der Waals surface area contributed by atoms with Crippen LogP contribution in [0.3, 0.4) is 0 Å². The van der Waals surface area contributed by atoms with E-state index >= 15 is 0 Å². The molecule has 1 aromatic carbocycles. The van der Waals surface area contributed by atoms with Crippen LogP contribution in [0, 0.1) is 0 Å². The highest BCUT2D eigenvalue weighted by molar-refractivity contribution is 7.09. The highest BCUT2D eigenvalue weighted by atomic mass is 35.5. The molecule has 0 atom stereocenters. The van der Waals surface area contributed by atoms with Crippen molar-refractivity contribution in [1.29, 1.82) is 0 Å². The molecule has 2 heterocycles. The number of nitrogens with zero attached hydrogens (tertiary/aromatic N) is 2. The predicted octanol–water partition coefficient (Wildman–Crippen LogP) is 3.49. The second-order valence-corrected chi connectivity index (χ2v) is 6.41. The molecule has 1 aliphatic heterocycles. The largest absolute Gasteiger partial charge is 0.399 e. The maximum Gasteiger partial charge on any atom is 0.0328 e. The van der Waals surface area contributed by atoms with Crippen LogP contribution < -0.4 is 5.73 Å². The van der Waals surface area contributed by atoms with Gasteiger partial charge in [0, 0.05) is 49.8 Å². The van der Waals surface area contributed by atoms with Gasteiger partial charge in [0.2, 0.25) is 0 Å². The van der Waals surface area contributed by atoms with Crippen LogP contribution in [-0.2, 0) is 13.1 Å². The number of hydrogen-bond acceptors (Lipinski definition) is 4. The minimum absolute atomic E-state index is 0. The number of thiophene rings is 1. The monoisotopic (exact) mass is 359 g/mol. The maximum atomic E-state index is 5.84. The second-order valence-electron chi connectivity index (χ2n) is 5.38. The molecule has 1 aliphatic rings. The van der Waals surface area contributed by atoms with Crippen molar-refractivity contribution in [1.82, 2.24) is 9.80 Å². The summed E-state index contributed by atoms with van der Waals surface area (Å²) < 4.78 is 0. The van der Waals surface area contributed by atoms with Crippen molar-refractivity contribution in [3.05, 3.63) is 52.2 Å². The van der Waals surface area contributed by atoms with E-state index in [2.05, 4.69) is 39.4 Å². The third kappa shape index (κ3) is 5.45. The van der Waals surface area contributed by atoms with E-state index < -0.39 is 0 Å². The van der Waals surface area contributed by atoms with Gasteiger partial charge < -0.3 is 5.73 Å². The molecular weight excluding hydrogens is 337 g/mol. The summed E-state index contributed by atoms with van der Waals surface area (Å²) in [5.74, 6) is 0. The molecule has 1 fully saturated rings. The molecule has 0 radical (unpaired) electrons. The van der Waals surface area contributed by atoms with Crippen LogP contribution in [0.2, 0.25) is 0 Å². The fourth-order valence-corrected chi connectivity index (χ4v) is 3.42. The lowest BCUT2D eigenvalue weighted by molar-refractivity contribution is 0.123. The maximum absolute atomic E-state index is 5.84. The molecule has 0 saturated carbocycles. The van der Waals surface area contributed by atoms with Gasteiger partial charge in [-0.2, -0.15) is 0 Å².